The number of carbonyl (C=O) groups excluding carboxylic acids is 2. The minimum Gasteiger partial charge on any atom is -0.420 e. The number of hydrogen-bond donors (Lipinski definition) is 0. The van der Waals surface area contributed by atoms with Gasteiger partial charge in [-0.15, -0.1) is 0 Å². The Morgan fingerprint density at radius 1 is 0.861 bits per heavy atom. The molecule has 0 saturated heterocycles. The second kappa shape index (κ2) is 11.7. The summed E-state index contributed by atoms with van der Waals surface area (Å²) in [4.78, 5) is 26.8. The average molecular weight is 504 g/mol. The standard InChI is InChI=1S/C27H19F4NO3.Na/c1-16-23(28)25(30)27(26(31)24(16)29)35-22(34)12-6-11-21(33)32-15-19-9-3-2-7-17(19)13-14-18-8-4-5-10-20(18)32;/h2-5,7-10H,6,11-12,15H2,1H3;/q;+1. The van der Waals surface area contributed by atoms with E-state index in [2.05, 4.69) is 16.6 Å². The van der Waals surface area contributed by atoms with E-state index in [-0.39, 0.29) is 54.9 Å². The molecule has 0 aliphatic carbocycles. The van der Waals surface area contributed by atoms with Gasteiger partial charge in [0, 0.05) is 29.5 Å². The van der Waals surface area contributed by atoms with E-state index in [1.165, 1.54) is 0 Å². The number of halogens is 4. The summed E-state index contributed by atoms with van der Waals surface area (Å²) >= 11 is 0. The zero-order chi connectivity index (χ0) is 25.1. The van der Waals surface area contributed by atoms with Crippen molar-refractivity contribution in [2.45, 2.75) is 32.7 Å². The van der Waals surface area contributed by atoms with Gasteiger partial charge in [-0.2, -0.15) is 8.78 Å². The molecule has 0 atom stereocenters. The molecule has 0 aromatic heterocycles. The maximum absolute atomic E-state index is 14.0. The monoisotopic (exact) mass is 504 g/mol. The molecule has 3 aromatic carbocycles. The van der Waals surface area contributed by atoms with Crippen LogP contribution in [0, 0.1) is 42.0 Å². The molecule has 0 bridgehead atoms. The number of rotatable bonds is 5. The average Bonchev–Trinajstić information content (AvgIpc) is 2.85. The van der Waals surface area contributed by atoms with Gasteiger partial charge in [-0.05, 0) is 37.1 Å². The minimum atomic E-state index is -1.79. The predicted molar refractivity (Wildman–Crippen MR) is 121 cm³/mol. The number of nitrogens with zero attached hydrogens (tertiary/aromatic N) is 1. The number of benzene rings is 3. The van der Waals surface area contributed by atoms with Gasteiger partial charge in [-0.25, -0.2) is 8.78 Å². The number of anilines is 1. The Morgan fingerprint density at radius 2 is 1.44 bits per heavy atom. The van der Waals surface area contributed by atoms with E-state index in [0.717, 1.165) is 18.1 Å². The van der Waals surface area contributed by atoms with Crippen LogP contribution >= 0.6 is 0 Å². The Hall–Kier alpha value is -3.12. The molecule has 4 nitrogen and oxygen atoms in total. The first-order valence-electron chi connectivity index (χ1n) is 10.8. The molecule has 3 aromatic rings. The fourth-order valence-electron chi connectivity index (χ4n) is 3.70. The molecule has 36 heavy (non-hydrogen) atoms. The second-order valence-corrected chi connectivity index (χ2v) is 7.94. The number of esters is 1. The second-order valence-electron chi connectivity index (χ2n) is 7.94. The van der Waals surface area contributed by atoms with Gasteiger partial charge in [0.1, 0.15) is 0 Å². The van der Waals surface area contributed by atoms with Crippen molar-refractivity contribution >= 4 is 17.6 Å². The van der Waals surface area contributed by atoms with Gasteiger partial charge in [-0.3, -0.25) is 9.59 Å². The number of amides is 1. The van der Waals surface area contributed by atoms with E-state index >= 15 is 0 Å². The van der Waals surface area contributed by atoms with Crippen LogP contribution in [0.3, 0.4) is 0 Å². The van der Waals surface area contributed by atoms with E-state index in [9.17, 15) is 27.2 Å². The van der Waals surface area contributed by atoms with Crippen molar-refractivity contribution in [3.05, 3.63) is 94.1 Å². The summed E-state index contributed by atoms with van der Waals surface area (Å²) in [5.41, 5.74) is 2.09. The fraction of sp³-hybridized carbons (Fsp3) is 0.185. The van der Waals surface area contributed by atoms with Gasteiger partial charge in [-0.1, -0.05) is 42.2 Å². The molecule has 1 aliphatic rings. The minimum absolute atomic E-state index is 0. The Labute approximate surface area is 227 Å². The molecular weight excluding hydrogens is 485 g/mol. The number of carbonyl (C=O) groups is 2. The Kier molecular flexibility index (Phi) is 8.96. The van der Waals surface area contributed by atoms with Crippen molar-refractivity contribution in [1.29, 1.82) is 0 Å². The van der Waals surface area contributed by atoms with E-state index in [1.807, 2.05) is 30.3 Å². The third kappa shape index (κ3) is 5.65. The van der Waals surface area contributed by atoms with Crippen LogP contribution in [0.2, 0.25) is 0 Å². The van der Waals surface area contributed by atoms with Crippen LogP contribution in [0.5, 0.6) is 5.75 Å². The van der Waals surface area contributed by atoms with E-state index in [0.29, 0.717) is 11.3 Å². The normalized spacial score (nSPS) is 11.6. The molecule has 1 amide bonds. The number of para-hydroxylation sites is 1. The molecule has 0 spiro atoms. The van der Waals surface area contributed by atoms with Crippen LogP contribution in [-0.2, 0) is 16.1 Å². The molecule has 0 saturated carbocycles. The molecular formula is C27H19F4NNaO3+. The topological polar surface area (TPSA) is 46.6 Å². The van der Waals surface area contributed by atoms with Gasteiger partial charge in [0.05, 0.1) is 12.2 Å². The quantitative estimate of drug-likeness (QED) is 0.134. The Bertz CT molecular complexity index is 1370. The van der Waals surface area contributed by atoms with Crippen LogP contribution in [-0.4, -0.2) is 11.9 Å². The maximum Gasteiger partial charge on any atom is 1.00 e. The van der Waals surface area contributed by atoms with E-state index < -0.39 is 47.0 Å². The molecule has 0 radical (unpaired) electrons. The van der Waals surface area contributed by atoms with Crippen LogP contribution in [0.4, 0.5) is 23.2 Å². The first kappa shape index (κ1) is 27.5. The van der Waals surface area contributed by atoms with Crippen LogP contribution < -0.4 is 39.2 Å². The molecule has 0 N–H and O–H groups in total. The Balaban J connectivity index is 0.00000361. The van der Waals surface area contributed by atoms with Crippen molar-refractivity contribution in [1.82, 2.24) is 0 Å². The van der Waals surface area contributed by atoms with Gasteiger partial charge in [0.2, 0.25) is 23.3 Å². The first-order valence-corrected chi connectivity index (χ1v) is 10.8. The van der Waals surface area contributed by atoms with Crippen molar-refractivity contribution in [2.24, 2.45) is 0 Å². The number of ether oxygens (including phenoxy) is 1. The Morgan fingerprint density at radius 3 is 2.14 bits per heavy atom. The molecule has 4 rings (SSSR count). The van der Waals surface area contributed by atoms with Gasteiger partial charge in [0.25, 0.3) is 0 Å². The summed E-state index contributed by atoms with van der Waals surface area (Å²) in [7, 11) is 0. The van der Waals surface area contributed by atoms with E-state index in [1.54, 1.807) is 23.1 Å². The molecule has 0 fully saturated rings. The molecule has 1 aliphatic heterocycles. The summed E-state index contributed by atoms with van der Waals surface area (Å²) in [6.45, 7) is 1.13. The fourth-order valence-corrected chi connectivity index (χ4v) is 3.70. The van der Waals surface area contributed by atoms with Gasteiger partial charge < -0.3 is 9.64 Å². The molecule has 0 unspecified atom stereocenters. The van der Waals surface area contributed by atoms with Crippen LogP contribution in [0.1, 0.15) is 41.5 Å². The summed E-state index contributed by atoms with van der Waals surface area (Å²) in [6.07, 6.45) is -0.488. The largest absolute Gasteiger partial charge is 1.00 e. The number of fused-ring (bicyclic) bond motifs is 2. The summed E-state index contributed by atoms with van der Waals surface area (Å²) < 4.78 is 59.9. The van der Waals surface area contributed by atoms with Crippen LogP contribution in [0.25, 0.3) is 0 Å². The first-order chi connectivity index (χ1) is 16.8. The number of hydrogen-bond acceptors (Lipinski definition) is 3. The molecule has 178 valence electrons. The van der Waals surface area contributed by atoms with Crippen molar-refractivity contribution in [2.75, 3.05) is 4.90 Å². The summed E-state index contributed by atoms with van der Waals surface area (Å²) in [5, 5.41) is 0. The predicted octanol–water partition coefficient (Wildman–Crippen LogP) is 2.58. The van der Waals surface area contributed by atoms with Crippen molar-refractivity contribution in [3.63, 3.8) is 0 Å². The van der Waals surface area contributed by atoms with Gasteiger partial charge in [0.15, 0.2) is 11.6 Å². The summed E-state index contributed by atoms with van der Waals surface area (Å²) in [6, 6.07) is 14.6. The maximum atomic E-state index is 14.0. The van der Waals surface area contributed by atoms with E-state index in [4.69, 9.17) is 0 Å². The smallest absolute Gasteiger partial charge is 0.420 e. The summed E-state index contributed by atoms with van der Waals surface area (Å²) in [5.74, 6) is -3.51. The van der Waals surface area contributed by atoms with Crippen molar-refractivity contribution in [3.8, 4) is 17.6 Å². The van der Waals surface area contributed by atoms with Gasteiger partial charge >= 0.3 is 35.5 Å². The van der Waals surface area contributed by atoms with Crippen LogP contribution in [0.15, 0.2) is 48.5 Å². The van der Waals surface area contributed by atoms with Crippen molar-refractivity contribution < 1.29 is 61.4 Å². The third-order valence-electron chi connectivity index (χ3n) is 5.60. The SMILES string of the molecule is Cc1c(F)c(F)c(OC(=O)CCCC(=O)N2Cc3ccccc3C#Cc3ccccc32)c(F)c1F.[Na+]. The zero-order valence-electron chi connectivity index (χ0n) is 19.6. The molecule has 1 heterocycles. The zero-order valence-corrected chi connectivity index (χ0v) is 21.6. The third-order valence-corrected chi connectivity index (χ3v) is 5.60. The molecule has 9 heteroatoms.